The molecule has 2 heterocycles. The molecule has 2 aromatic heterocycles. The van der Waals surface area contributed by atoms with Gasteiger partial charge in [0.2, 0.25) is 5.91 Å². The maximum atomic E-state index is 12.2. The van der Waals surface area contributed by atoms with E-state index in [-0.39, 0.29) is 5.91 Å². The lowest BCUT2D eigenvalue weighted by Gasteiger charge is -2.06. The van der Waals surface area contributed by atoms with E-state index in [2.05, 4.69) is 27.4 Å². The quantitative estimate of drug-likeness (QED) is 0.380. The summed E-state index contributed by atoms with van der Waals surface area (Å²) in [6.45, 7) is 0.710. The summed E-state index contributed by atoms with van der Waals surface area (Å²) in [4.78, 5) is 23.5. The minimum absolute atomic E-state index is 0.0710. The highest BCUT2D eigenvalue weighted by Gasteiger charge is 2.21. The molecule has 0 saturated carbocycles. The van der Waals surface area contributed by atoms with Crippen LogP contribution in [0.25, 0.3) is 10.2 Å². The standard InChI is InChI=1S/C20H21N3OS2/c24-17(21-11-5-8-14-6-2-1-3-7-14)12-25-19-18-15-9-4-10-16(15)26-20(18)23-13-22-19/h1-3,6-7,13H,4-5,8-12H2,(H,21,24). The van der Waals surface area contributed by atoms with Crippen LogP contribution in [0, 0.1) is 0 Å². The van der Waals surface area contributed by atoms with Gasteiger partial charge in [0.05, 0.1) is 5.75 Å². The topological polar surface area (TPSA) is 54.9 Å². The number of amides is 1. The molecule has 1 amide bonds. The molecule has 26 heavy (non-hydrogen) atoms. The lowest BCUT2D eigenvalue weighted by molar-refractivity contribution is -0.118. The first-order valence-corrected chi connectivity index (χ1v) is 10.8. The van der Waals surface area contributed by atoms with Crippen molar-refractivity contribution in [2.45, 2.75) is 37.1 Å². The number of nitrogens with one attached hydrogen (secondary N) is 1. The minimum atomic E-state index is 0.0710. The van der Waals surface area contributed by atoms with Gasteiger partial charge in [0.1, 0.15) is 16.2 Å². The Morgan fingerprint density at radius 1 is 1.19 bits per heavy atom. The Labute approximate surface area is 161 Å². The second-order valence-corrected chi connectivity index (χ2v) is 8.49. The Morgan fingerprint density at radius 3 is 2.96 bits per heavy atom. The molecule has 1 aliphatic rings. The first kappa shape index (κ1) is 17.5. The number of thiophene rings is 1. The molecule has 0 bridgehead atoms. The van der Waals surface area contributed by atoms with Crippen molar-refractivity contribution in [3.05, 3.63) is 52.7 Å². The van der Waals surface area contributed by atoms with Crippen LogP contribution in [0.3, 0.4) is 0 Å². The number of rotatable bonds is 7. The molecule has 3 aromatic rings. The maximum absolute atomic E-state index is 12.2. The van der Waals surface area contributed by atoms with Crippen molar-refractivity contribution in [3.63, 3.8) is 0 Å². The summed E-state index contributed by atoms with van der Waals surface area (Å²) in [7, 11) is 0. The number of benzene rings is 1. The van der Waals surface area contributed by atoms with E-state index >= 15 is 0 Å². The lowest BCUT2D eigenvalue weighted by atomic mass is 10.1. The van der Waals surface area contributed by atoms with Crippen molar-refractivity contribution in [3.8, 4) is 0 Å². The number of hydrogen-bond acceptors (Lipinski definition) is 5. The highest BCUT2D eigenvalue weighted by molar-refractivity contribution is 8.00. The average molecular weight is 384 g/mol. The van der Waals surface area contributed by atoms with E-state index in [9.17, 15) is 4.79 Å². The SMILES string of the molecule is O=C(CSc1ncnc2sc3c(c12)CCC3)NCCCc1ccccc1. The van der Waals surface area contributed by atoms with Gasteiger partial charge in [-0.05, 0) is 43.2 Å². The van der Waals surface area contributed by atoms with Crippen molar-refractivity contribution in [1.29, 1.82) is 0 Å². The fraction of sp³-hybridized carbons (Fsp3) is 0.350. The summed E-state index contributed by atoms with van der Waals surface area (Å²) in [5, 5.41) is 5.16. The molecule has 0 atom stereocenters. The summed E-state index contributed by atoms with van der Waals surface area (Å²) >= 11 is 3.31. The third-order valence-corrected chi connectivity index (χ3v) is 6.80. The van der Waals surface area contributed by atoms with Crippen molar-refractivity contribution in [2.24, 2.45) is 0 Å². The van der Waals surface area contributed by atoms with Crippen molar-refractivity contribution >= 4 is 39.2 Å². The summed E-state index contributed by atoms with van der Waals surface area (Å²) < 4.78 is 0. The molecule has 0 radical (unpaired) electrons. The summed E-state index contributed by atoms with van der Waals surface area (Å²) in [6.07, 6.45) is 7.05. The summed E-state index contributed by atoms with van der Waals surface area (Å²) in [6, 6.07) is 10.4. The molecule has 134 valence electrons. The second kappa shape index (κ2) is 8.18. The van der Waals surface area contributed by atoms with Gasteiger partial charge in [-0.1, -0.05) is 42.1 Å². The van der Waals surface area contributed by atoms with Gasteiger partial charge in [-0.15, -0.1) is 11.3 Å². The van der Waals surface area contributed by atoms with Crippen molar-refractivity contribution in [1.82, 2.24) is 15.3 Å². The molecule has 1 aliphatic carbocycles. The Bertz CT molecular complexity index is 908. The molecular formula is C20H21N3OS2. The molecule has 0 spiro atoms. The summed E-state index contributed by atoms with van der Waals surface area (Å²) in [5.41, 5.74) is 2.72. The van der Waals surface area contributed by atoms with Gasteiger partial charge in [0, 0.05) is 16.8 Å². The number of carbonyl (C=O) groups is 1. The minimum Gasteiger partial charge on any atom is -0.355 e. The zero-order valence-electron chi connectivity index (χ0n) is 14.5. The number of aromatic nitrogens is 2. The highest BCUT2D eigenvalue weighted by atomic mass is 32.2. The van der Waals surface area contributed by atoms with Gasteiger partial charge in [-0.25, -0.2) is 9.97 Å². The molecule has 0 fully saturated rings. The molecule has 0 unspecified atom stereocenters. The Balaban J connectivity index is 1.29. The fourth-order valence-corrected chi connectivity index (χ4v) is 5.51. The van der Waals surface area contributed by atoms with Crippen molar-refractivity contribution in [2.75, 3.05) is 12.3 Å². The van der Waals surface area contributed by atoms with E-state index in [1.165, 1.54) is 39.6 Å². The van der Waals surface area contributed by atoms with Crippen LogP contribution in [0.5, 0.6) is 0 Å². The molecular weight excluding hydrogens is 362 g/mol. The maximum Gasteiger partial charge on any atom is 0.230 e. The normalized spacial score (nSPS) is 13.1. The van der Waals surface area contributed by atoms with Gasteiger partial charge in [-0.2, -0.15) is 0 Å². The number of nitrogens with zero attached hydrogens (tertiary/aromatic N) is 2. The zero-order chi connectivity index (χ0) is 17.8. The third-order valence-electron chi connectivity index (χ3n) is 4.61. The van der Waals surface area contributed by atoms with E-state index in [4.69, 9.17) is 0 Å². The van der Waals surface area contributed by atoms with Crippen LogP contribution < -0.4 is 5.32 Å². The third kappa shape index (κ3) is 3.91. The molecule has 1 N–H and O–H groups in total. The Morgan fingerprint density at radius 2 is 2.08 bits per heavy atom. The molecule has 6 heteroatoms. The molecule has 4 rings (SSSR count). The van der Waals surface area contributed by atoms with Crippen LogP contribution in [0.1, 0.15) is 28.8 Å². The van der Waals surface area contributed by atoms with Crippen LogP contribution >= 0.6 is 23.1 Å². The number of fused-ring (bicyclic) bond motifs is 3. The van der Waals surface area contributed by atoms with E-state index < -0.39 is 0 Å². The predicted molar refractivity (Wildman–Crippen MR) is 108 cm³/mol. The highest BCUT2D eigenvalue weighted by Crippen LogP contribution is 2.39. The van der Waals surface area contributed by atoms with Crippen molar-refractivity contribution < 1.29 is 4.79 Å². The molecule has 1 aromatic carbocycles. The number of carbonyl (C=O) groups excluding carboxylic acids is 1. The smallest absolute Gasteiger partial charge is 0.230 e. The predicted octanol–water partition coefficient (Wildman–Crippen LogP) is 4.02. The monoisotopic (exact) mass is 383 g/mol. The van der Waals surface area contributed by atoms with E-state index in [0.29, 0.717) is 12.3 Å². The lowest BCUT2D eigenvalue weighted by Crippen LogP contribution is -2.26. The van der Waals surface area contributed by atoms with Gasteiger partial charge >= 0.3 is 0 Å². The van der Waals surface area contributed by atoms with Crippen LogP contribution in [0.15, 0.2) is 41.7 Å². The zero-order valence-corrected chi connectivity index (χ0v) is 16.2. The molecule has 0 saturated heterocycles. The Kier molecular flexibility index (Phi) is 5.51. The Hall–Kier alpha value is -1.92. The largest absolute Gasteiger partial charge is 0.355 e. The average Bonchev–Trinajstić information content (AvgIpc) is 3.25. The number of thioether (sulfide) groups is 1. The molecule has 0 aliphatic heterocycles. The van der Waals surface area contributed by atoms with Gasteiger partial charge in [-0.3, -0.25) is 4.79 Å². The van der Waals surface area contributed by atoms with Gasteiger partial charge in [0.15, 0.2) is 0 Å². The molecule has 4 nitrogen and oxygen atoms in total. The summed E-state index contributed by atoms with van der Waals surface area (Å²) in [5.74, 6) is 0.476. The van der Waals surface area contributed by atoms with Crippen LogP contribution in [0.4, 0.5) is 0 Å². The first-order chi connectivity index (χ1) is 12.8. The number of aryl methyl sites for hydroxylation is 3. The van der Waals surface area contributed by atoms with E-state index in [1.54, 1.807) is 17.7 Å². The second-order valence-electron chi connectivity index (χ2n) is 6.44. The van der Waals surface area contributed by atoms with Crippen LogP contribution in [-0.4, -0.2) is 28.2 Å². The van der Waals surface area contributed by atoms with Gasteiger partial charge in [0.25, 0.3) is 0 Å². The van der Waals surface area contributed by atoms with E-state index in [1.807, 2.05) is 18.2 Å². The van der Waals surface area contributed by atoms with Crippen LogP contribution in [0.2, 0.25) is 0 Å². The first-order valence-electron chi connectivity index (χ1n) is 9.00. The van der Waals surface area contributed by atoms with Crippen LogP contribution in [-0.2, 0) is 24.1 Å². The van der Waals surface area contributed by atoms with Gasteiger partial charge < -0.3 is 5.32 Å². The fourth-order valence-electron chi connectivity index (χ4n) is 3.36. The number of hydrogen-bond donors (Lipinski definition) is 1. The van der Waals surface area contributed by atoms with E-state index in [0.717, 1.165) is 35.5 Å².